The number of aliphatic hydroxyl groups excluding tert-OH is 1. The molecule has 1 rings (SSSR count). The van der Waals surface area contributed by atoms with E-state index in [4.69, 9.17) is 10.8 Å². The highest BCUT2D eigenvalue weighted by Gasteiger charge is 2.17. The topological polar surface area (TPSA) is 49.5 Å². The molecule has 3 N–H and O–H groups in total. The molecule has 1 saturated heterocycles. The summed E-state index contributed by atoms with van der Waals surface area (Å²) >= 11 is 0. The summed E-state index contributed by atoms with van der Waals surface area (Å²) in [7, 11) is 0. The van der Waals surface area contributed by atoms with Gasteiger partial charge in [0.1, 0.15) is 6.23 Å². The molecule has 3 heteroatoms. The van der Waals surface area contributed by atoms with Crippen LogP contribution < -0.4 is 5.73 Å². The normalized spacial score (nSPS) is 25.4. The summed E-state index contributed by atoms with van der Waals surface area (Å²) in [4.78, 5) is 2.36. The van der Waals surface area contributed by atoms with Gasteiger partial charge in [0, 0.05) is 12.5 Å². The third-order valence-corrected chi connectivity index (χ3v) is 2.33. The van der Waals surface area contributed by atoms with Crippen LogP contribution >= 0.6 is 0 Å². The molecule has 0 amide bonds. The molecule has 2 atom stereocenters. The second kappa shape index (κ2) is 4.04. The smallest absolute Gasteiger partial charge is 0.106 e. The first-order chi connectivity index (χ1) is 5.20. The predicted molar refractivity (Wildman–Crippen MR) is 45.0 cm³/mol. The largest absolute Gasteiger partial charge is 0.379 e. The average Bonchev–Trinajstić information content (AvgIpc) is 2.39. The lowest BCUT2D eigenvalue weighted by Gasteiger charge is -2.21. The van der Waals surface area contributed by atoms with E-state index >= 15 is 0 Å². The van der Waals surface area contributed by atoms with E-state index in [1.165, 1.54) is 25.9 Å². The molecule has 1 aliphatic rings. The zero-order valence-electron chi connectivity index (χ0n) is 7.16. The Balaban J connectivity index is 2.18. The number of nitrogens with two attached hydrogens (primary N) is 1. The Morgan fingerprint density at radius 2 is 2.00 bits per heavy atom. The van der Waals surface area contributed by atoms with E-state index in [9.17, 15) is 0 Å². The monoisotopic (exact) mass is 158 g/mol. The van der Waals surface area contributed by atoms with E-state index < -0.39 is 6.23 Å². The summed E-state index contributed by atoms with van der Waals surface area (Å²) in [6, 6.07) is 0. The molecule has 1 heterocycles. The zero-order chi connectivity index (χ0) is 8.27. The van der Waals surface area contributed by atoms with Crippen LogP contribution in [-0.4, -0.2) is 35.9 Å². The molecule has 3 nitrogen and oxygen atoms in total. The Kier molecular flexibility index (Phi) is 3.30. The molecule has 0 radical (unpaired) electrons. The Morgan fingerprint density at radius 3 is 2.45 bits per heavy atom. The van der Waals surface area contributed by atoms with E-state index in [1.54, 1.807) is 0 Å². The third kappa shape index (κ3) is 2.77. The molecule has 0 aliphatic carbocycles. The van der Waals surface area contributed by atoms with Gasteiger partial charge in [-0.05, 0) is 25.9 Å². The van der Waals surface area contributed by atoms with Crippen molar-refractivity contribution in [2.45, 2.75) is 26.0 Å². The lowest BCUT2D eigenvalue weighted by atomic mass is 10.1. The van der Waals surface area contributed by atoms with E-state index in [2.05, 4.69) is 4.90 Å². The summed E-state index contributed by atoms with van der Waals surface area (Å²) in [5, 5.41) is 9.03. The van der Waals surface area contributed by atoms with Gasteiger partial charge in [0.2, 0.25) is 0 Å². The zero-order valence-corrected chi connectivity index (χ0v) is 7.16. The number of hydrogen-bond acceptors (Lipinski definition) is 3. The molecule has 66 valence electrons. The van der Waals surface area contributed by atoms with Crippen molar-refractivity contribution in [1.82, 2.24) is 4.90 Å². The average molecular weight is 158 g/mol. The summed E-state index contributed by atoms with van der Waals surface area (Å²) in [5.74, 6) is 0.202. The molecule has 0 aromatic rings. The Morgan fingerprint density at radius 1 is 1.45 bits per heavy atom. The van der Waals surface area contributed by atoms with Gasteiger partial charge in [0.05, 0.1) is 0 Å². The van der Waals surface area contributed by atoms with E-state index in [-0.39, 0.29) is 5.92 Å². The van der Waals surface area contributed by atoms with Crippen molar-refractivity contribution in [3.63, 3.8) is 0 Å². The van der Waals surface area contributed by atoms with Crippen LogP contribution in [0.4, 0.5) is 0 Å². The lowest BCUT2D eigenvalue weighted by Crippen LogP contribution is -2.36. The summed E-state index contributed by atoms with van der Waals surface area (Å²) in [6.07, 6.45) is 1.94. The van der Waals surface area contributed by atoms with Gasteiger partial charge in [-0.3, -0.25) is 0 Å². The van der Waals surface area contributed by atoms with Crippen LogP contribution in [0.5, 0.6) is 0 Å². The maximum absolute atomic E-state index is 9.03. The van der Waals surface area contributed by atoms with Crippen LogP contribution in [0.15, 0.2) is 0 Å². The molecule has 11 heavy (non-hydrogen) atoms. The van der Waals surface area contributed by atoms with Gasteiger partial charge >= 0.3 is 0 Å². The second-order valence-electron chi connectivity index (χ2n) is 3.48. The van der Waals surface area contributed by atoms with Crippen molar-refractivity contribution in [2.24, 2.45) is 11.7 Å². The van der Waals surface area contributed by atoms with Gasteiger partial charge < -0.3 is 15.7 Å². The van der Waals surface area contributed by atoms with Crippen molar-refractivity contribution in [1.29, 1.82) is 0 Å². The molecule has 0 aromatic carbocycles. The van der Waals surface area contributed by atoms with Crippen molar-refractivity contribution in [3.8, 4) is 0 Å². The minimum absolute atomic E-state index is 0.202. The fourth-order valence-electron chi connectivity index (χ4n) is 1.48. The second-order valence-corrected chi connectivity index (χ2v) is 3.48. The van der Waals surface area contributed by atoms with Gasteiger partial charge in [-0.25, -0.2) is 0 Å². The molecule has 2 unspecified atom stereocenters. The Labute approximate surface area is 68.2 Å². The highest BCUT2D eigenvalue weighted by molar-refractivity contribution is 4.70. The van der Waals surface area contributed by atoms with Crippen LogP contribution in [0.1, 0.15) is 19.8 Å². The van der Waals surface area contributed by atoms with Gasteiger partial charge in [-0.15, -0.1) is 0 Å². The van der Waals surface area contributed by atoms with Gasteiger partial charge in [0.25, 0.3) is 0 Å². The molecule has 0 bridgehead atoms. The minimum Gasteiger partial charge on any atom is -0.379 e. The van der Waals surface area contributed by atoms with E-state index in [0.717, 1.165) is 6.54 Å². The number of likely N-dealkylation sites (tertiary alicyclic amines) is 1. The summed E-state index contributed by atoms with van der Waals surface area (Å²) < 4.78 is 0. The Bertz CT molecular complexity index is 111. The molecular weight excluding hydrogens is 140 g/mol. The highest BCUT2D eigenvalue weighted by atomic mass is 16.3. The maximum Gasteiger partial charge on any atom is 0.106 e. The third-order valence-electron chi connectivity index (χ3n) is 2.33. The number of aliphatic hydroxyl groups is 1. The minimum atomic E-state index is -0.657. The van der Waals surface area contributed by atoms with Crippen LogP contribution in [0.25, 0.3) is 0 Å². The molecular formula is C8H18N2O. The van der Waals surface area contributed by atoms with Crippen LogP contribution in [0.3, 0.4) is 0 Å². The van der Waals surface area contributed by atoms with Gasteiger partial charge in [-0.2, -0.15) is 0 Å². The summed E-state index contributed by atoms with van der Waals surface area (Å²) in [6.45, 7) is 5.29. The number of rotatable bonds is 3. The van der Waals surface area contributed by atoms with Crippen LogP contribution in [0, 0.1) is 5.92 Å². The first-order valence-corrected chi connectivity index (χ1v) is 4.36. The highest BCUT2D eigenvalue weighted by Crippen LogP contribution is 2.10. The van der Waals surface area contributed by atoms with Gasteiger partial charge in [0.15, 0.2) is 0 Å². The molecule has 1 fully saturated rings. The Hall–Kier alpha value is -0.120. The van der Waals surface area contributed by atoms with Crippen molar-refractivity contribution in [3.05, 3.63) is 0 Å². The van der Waals surface area contributed by atoms with E-state index in [1.807, 2.05) is 6.92 Å². The summed E-state index contributed by atoms with van der Waals surface area (Å²) in [5.41, 5.74) is 5.34. The predicted octanol–water partition coefficient (Wildman–Crippen LogP) is -0.00460. The first-order valence-electron chi connectivity index (χ1n) is 4.36. The fraction of sp³-hybridized carbons (Fsp3) is 1.00. The quantitative estimate of drug-likeness (QED) is 0.568. The van der Waals surface area contributed by atoms with Crippen LogP contribution in [-0.2, 0) is 0 Å². The van der Waals surface area contributed by atoms with Crippen LogP contribution in [0.2, 0.25) is 0 Å². The van der Waals surface area contributed by atoms with Gasteiger partial charge in [-0.1, -0.05) is 6.92 Å². The van der Waals surface area contributed by atoms with Crippen molar-refractivity contribution >= 4 is 0 Å². The first kappa shape index (κ1) is 8.97. The lowest BCUT2D eigenvalue weighted by molar-refractivity contribution is 0.1000. The maximum atomic E-state index is 9.03. The molecule has 1 aliphatic heterocycles. The fourth-order valence-corrected chi connectivity index (χ4v) is 1.48. The number of nitrogens with zero attached hydrogens (tertiary/aromatic N) is 1. The molecule has 0 spiro atoms. The molecule has 0 saturated carbocycles. The standard InChI is InChI=1S/C8H18N2O/c1-7(8(9)11)6-10-4-2-3-5-10/h7-8,11H,2-6,9H2,1H3. The molecule has 0 aromatic heterocycles. The number of hydrogen-bond donors (Lipinski definition) is 2. The van der Waals surface area contributed by atoms with Crippen molar-refractivity contribution in [2.75, 3.05) is 19.6 Å². The van der Waals surface area contributed by atoms with Crippen molar-refractivity contribution < 1.29 is 5.11 Å². The van der Waals surface area contributed by atoms with E-state index in [0.29, 0.717) is 0 Å². The SMILES string of the molecule is CC(CN1CCCC1)C(N)O.